The Morgan fingerprint density at radius 1 is 1.04 bits per heavy atom. The summed E-state index contributed by atoms with van der Waals surface area (Å²) in [6.45, 7) is 3.82. The molecule has 0 fully saturated rings. The fraction of sp³-hybridized carbons (Fsp3) is 0.409. The van der Waals surface area contributed by atoms with Gasteiger partial charge < -0.3 is 22.1 Å². The molecule has 5 heteroatoms. The number of amidine groups is 1. The zero-order chi connectivity index (χ0) is 18.1. The van der Waals surface area contributed by atoms with Crippen LogP contribution in [-0.4, -0.2) is 28.6 Å². The molecule has 2 heterocycles. The van der Waals surface area contributed by atoms with Crippen LogP contribution in [0.5, 0.6) is 0 Å². The zero-order valence-electron chi connectivity index (χ0n) is 15.7. The lowest BCUT2D eigenvalue weighted by Crippen LogP contribution is -3.00. The first-order valence-electron chi connectivity index (χ1n) is 9.60. The monoisotopic (exact) mass is 492 g/mol. The van der Waals surface area contributed by atoms with E-state index in [4.69, 9.17) is 0 Å². The number of anilines is 1. The SMILES string of the molecule is CCc1ccc(N2C3=[N+](CCCCC3)CC2(O)c2ccc(Br)cc2)cc1.[Br-]. The minimum Gasteiger partial charge on any atom is -1.00 e. The molecule has 0 saturated carbocycles. The van der Waals surface area contributed by atoms with E-state index in [2.05, 4.69) is 56.6 Å². The summed E-state index contributed by atoms with van der Waals surface area (Å²) in [6, 6.07) is 16.8. The predicted molar refractivity (Wildman–Crippen MR) is 110 cm³/mol. The highest BCUT2D eigenvalue weighted by Crippen LogP contribution is 2.38. The number of halogens is 2. The van der Waals surface area contributed by atoms with Gasteiger partial charge in [-0.15, -0.1) is 0 Å². The van der Waals surface area contributed by atoms with Crippen molar-refractivity contribution < 1.29 is 26.7 Å². The minimum absolute atomic E-state index is 0. The Balaban J connectivity index is 0.00000210. The number of rotatable bonds is 3. The molecular weight excluding hydrogens is 468 g/mol. The molecule has 4 rings (SSSR count). The first-order chi connectivity index (χ1) is 12.6. The first-order valence-corrected chi connectivity index (χ1v) is 10.4. The van der Waals surface area contributed by atoms with Gasteiger partial charge >= 0.3 is 0 Å². The van der Waals surface area contributed by atoms with Gasteiger partial charge in [-0.25, -0.2) is 0 Å². The highest BCUT2D eigenvalue weighted by molar-refractivity contribution is 9.10. The molecule has 0 spiro atoms. The fourth-order valence-electron chi connectivity index (χ4n) is 4.20. The quantitative estimate of drug-likeness (QED) is 0.658. The first kappa shape index (κ1) is 20.6. The Morgan fingerprint density at radius 2 is 1.74 bits per heavy atom. The molecule has 0 radical (unpaired) electrons. The lowest BCUT2D eigenvalue weighted by molar-refractivity contribution is -0.534. The van der Waals surface area contributed by atoms with E-state index in [-0.39, 0.29) is 17.0 Å². The molecule has 0 saturated heterocycles. The molecule has 144 valence electrons. The largest absolute Gasteiger partial charge is 1.00 e. The van der Waals surface area contributed by atoms with Gasteiger partial charge in [0.25, 0.3) is 11.6 Å². The summed E-state index contributed by atoms with van der Waals surface area (Å²) in [5.74, 6) is 1.26. The summed E-state index contributed by atoms with van der Waals surface area (Å²) >= 11 is 3.51. The highest BCUT2D eigenvalue weighted by Gasteiger charge is 2.53. The van der Waals surface area contributed by atoms with Crippen LogP contribution in [0, 0.1) is 0 Å². The van der Waals surface area contributed by atoms with E-state index in [1.807, 2.05) is 24.3 Å². The topological polar surface area (TPSA) is 26.5 Å². The number of aryl methyl sites for hydroxylation is 1. The second-order valence-corrected chi connectivity index (χ2v) is 8.24. The molecule has 0 bridgehead atoms. The van der Waals surface area contributed by atoms with Gasteiger partial charge in [-0.05, 0) is 55.5 Å². The van der Waals surface area contributed by atoms with Gasteiger partial charge in [0.15, 0.2) is 6.54 Å². The molecule has 2 aromatic carbocycles. The Kier molecular flexibility index (Phi) is 6.44. The lowest BCUT2D eigenvalue weighted by Gasteiger charge is -2.29. The van der Waals surface area contributed by atoms with Gasteiger partial charge in [0, 0.05) is 16.5 Å². The smallest absolute Gasteiger partial charge is 0.275 e. The number of hydrogen-bond donors (Lipinski definition) is 1. The molecule has 2 aromatic rings. The third kappa shape index (κ3) is 3.87. The van der Waals surface area contributed by atoms with E-state index in [1.165, 1.54) is 30.7 Å². The van der Waals surface area contributed by atoms with Gasteiger partial charge in [0.2, 0.25) is 0 Å². The van der Waals surface area contributed by atoms with E-state index in [9.17, 15) is 5.11 Å². The molecule has 1 unspecified atom stereocenters. The van der Waals surface area contributed by atoms with Crippen molar-refractivity contribution in [2.75, 3.05) is 18.0 Å². The van der Waals surface area contributed by atoms with E-state index in [1.54, 1.807) is 0 Å². The molecular formula is C22H26Br2N2O. The molecule has 0 aliphatic carbocycles. The van der Waals surface area contributed by atoms with E-state index in [0.717, 1.165) is 35.1 Å². The molecule has 1 atom stereocenters. The summed E-state index contributed by atoms with van der Waals surface area (Å²) in [5, 5.41) is 11.9. The molecule has 2 aliphatic rings. The van der Waals surface area contributed by atoms with Crippen molar-refractivity contribution >= 4 is 27.5 Å². The van der Waals surface area contributed by atoms with Crippen LogP contribution in [0.15, 0.2) is 53.0 Å². The van der Waals surface area contributed by atoms with Crippen LogP contribution in [0.3, 0.4) is 0 Å². The van der Waals surface area contributed by atoms with Crippen LogP contribution in [0.1, 0.15) is 43.7 Å². The van der Waals surface area contributed by atoms with Crippen molar-refractivity contribution in [1.29, 1.82) is 0 Å². The Hall–Kier alpha value is -1.17. The number of hydrogen-bond acceptors (Lipinski definition) is 2. The molecule has 27 heavy (non-hydrogen) atoms. The number of aliphatic hydroxyl groups is 1. The summed E-state index contributed by atoms with van der Waals surface area (Å²) < 4.78 is 3.42. The molecule has 1 N–H and O–H groups in total. The Bertz CT molecular complexity index is 817. The lowest BCUT2D eigenvalue weighted by atomic mass is 9.99. The number of nitrogens with zero attached hydrogens (tertiary/aromatic N) is 2. The highest BCUT2D eigenvalue weighted by atomic mass is 79.9. The van der Waals surface area contributed by atoms with Gasteiger partial charge in [-0.1, -0.05) is 47.1 Å². The van der Waals surface area contributed by atoms with Gasteiger partial charge in [-0.2, -0.15) is 4.90 Å². The molecule has 0 amide bonds. The summed E-state index contributed by atoms with van der Waals surface area (Å²) in [7, 11) is 0. The second kappa shape index (κ2) is 8.46. The maximum Gasteiger partial charge on any atom is 0.275 e. The molecule has 0 aromatic heterocycles. The van der Waals surface area contributed by atoms with E-state index < -0.39 is 5.72 Å². The van der Waals surface area contributed by atoms with Crippen molar-refractivity contribution in [2.24, 2.45) is 0 Å². The normalized spacial score (nSPS) is 22.3. The average Bonchev–Trinajstić information content (AvgIpc) is 2.79. The minimum atomic E-state index is -1.03. The Morgan fingerprint density at radius 3 is 2.41 bits per heavy atom. The maximum absolute atomic E-state index is 11.9. The summed E-state index contributed by atoms with van der Waals surface area (Å²) in [6.07, 6.45) is 5.70. The molecule has 2 aliphatic heterocycles. The third-order valence-corrected chi connectivity index (χ3v) is 6.17. The maximum atomic E-state index is 11.9. The van der Waals surface area contributed by atoms with Gasteiger partial charge in [0.1, 0.15) is 5.69 Å². The van der Waals surface area contributed by atoms with Crippen molar-refractivity contribution in [3.05, 3.63) is 64.1 Å². The van der Waals surface area contributed by atoms with Crippen LogP contribution in [0.2, 0.25) is 0 Å². The average molecular weight is 494 g/mol. The van der Waals surface area contributed by atoms with Crippen LogP contribution < -0.4 is 21.9 Å². The standard InChI is InChI=1S/C22H26BrN2O.BrH/c1-2-17-7-13-20(14-8-17)25-21-6-4-3-5-15-24(21)16-22(25,26)18-9-11-19(23)12-10-18;/h7-14,26H,2-6,15-16H2,1H3;1H/q+1;/p-1. The molecule has 3 nitrogen and oxygen atoms in total. The van der Waals surface area contributed by atoms with Crippen LogP contribution >= 0.6 is 15.9 Å². The van der Waals surface area contributed by atoms with Gasteiger partial charge in [0.05, 0.1) is 6.54 Å². The summed E-state index contributed by atoms with van der Waals surface area (Å²) in [4.78, 5) is 2.18. The van der Waals surface area contributed by atoms with E-state index in [0.29, 0.717) is 6.54 Å². The van der Waals surface area contributed by atoms with Crippen molar-refractivity contribution in [2.45, 2.75) is 44.8 Å². The zero-order valence-corrected chi connectivity index (χ0v) is 18.8. The van der Waals surface area contributed by atoms with Crippen LogP contribution in [0.4, 0.5) is 5.69 Å². The fourth-order valence-corrected chi connectivity index (χ4v) is 4.47. The van der Waals surface area contributed by atoms with Crippen molar-refractivity contribution in [1.82, 2.24) is 0 Å². The predicted octanol–water partition coefficient (Wildman–Crippen LogP) is 1.67. The van der Waals surface area contributed by atoms with Crippen LogP contribution in [-0.2, 0) is 12.1 Å². The summed E-state index contributed by atoms with van der Waals surface area (Å²) in [5.41, 5.74) is 2.32. The second-order valence-electron chi connectivity index (χ2n) is 7.33. The third-order valence-electron chi connectivity index (χ3n) is 5.64. The van der Waals surface area contributed by atoms with E-state index >= 15 is 0 Å². The van der Waals surface area contributed by atoms with Crippen molar-refractivity contribution in [3.63, 3.8) is 0 Å². The van der Waals surface area contributed by atoms with Gasteiger partial charge in [-0.3, -0.25) is 4.58 Å². The Labute approximate surface area is 180 Å². The van der Waals surface area contributed by atoms with Crippen LogP contribution in [0.25, 0.3) is 0 Å². The number of benzene rings is 2. The van der Waals surface area contributed by atoms with Crippen molar-refractivity contribution in [3.8, 4) is 0 Å².